The summed E-state index contributed by atoms with van der Waals surface area (Å²) in [7, 11) is 0. The number of hydrogen-bond donors (Lipinski definition) is 0. The lowest BCUT2D eigenvalue weighted by molar-refractivity contribution is 0.0993. The largest absolute Gasteiger partial charge is 0.416 e. The maximum Gasteiger partial charge on any atom is 0.277 e. The molecule has 23 heavy (non-hydrogen) atoms. The number of thioether (sulfide) groups is 1. The monoisotopic (exact) mass is 345 g/mol. The number of aryl methyl sites for hydroxylation is 1. The minimum absolute atomic E-state index is 0.0467. The van der Waals surface area contributed by atoms with Crippen LogP contribution in [0.3, 0.4) is 0 Å². The molecule has 0 spiro atoms. The number of hydrogen-bond acceptors (Lipinski definition) is 7. The Labute approximate surface area is 142 Å². The molecular formula is C16H15N3O2S2. The predicted molar refractivity (Wildman–Crippen MR) is 90.0 cm³/mol. The van der Waals surface area contributed by atoms with E-state index in [1.165, 1.54) is 11.8 Å². The lowest BCUT2D eigenvalue weighted by atomic mass is 10.1. The summed E-state index contributed by atoms with van der Waals surface area (Å²) in [5.41, 5.74) is 1.60. The van der Waals surface area contributed by atoms with E-state index in [9.17, 15) is 4.79 Å². The molecule has 7 heteroatoms. The number of Topliss-reactive ketones (excluding diaryl/α,β-unsaturated/α-hetero) is 1. The highest BCUT2D eigenvalue weighted by molar-refractivity contribution is 8.00. The van der Waals surface area contributed by atoms with E-state index in [-0.39, 0.29) is 11.0 Å². The number of rotatable bonds is 6. The third-order valence-electron chi connectivity index (χ3n) is 3.15. The van der Waals surface area contributed by atoms with Crippen LogP contribution in [0.1, 0.15) is 33.9 Å². The number of nitrogens with zero attached hydrogens (tertiary/aromatic N) is 3. The predicted octanol–water partition coefficient (Wildman–Crippen LogP) is 3.79. The Hall–Kier alpha value is -1.99. The van der Waals surface area contributed by atoms with Crippen LogP contribution in [0, 0.1) is 6.92 Å². The third-order valence-corrected chi connectivity index (χ3v) is 4.91. The van der Waals surface area contributed by atoms with E-state index >= 15 is 0 Å². The first-order chi connectivity index (χ1) is 11.1. The van der Waals surface area contributed by atoms with Gasteiger partial charge in [-0.3, -0.25) is 4.79 Å². The minimum Gasteiger partial charge on any atom is -0.416 e. The van der Waals surface area contributed by atoms with Crippen molar-refractivity contribution in [1.82, 2.24) is 15.2 Å². The molecule has 5 nitrogen and oxygen atoms in total. The molecule has 118 valence electrons. The molecule has 0 N–H and O–H groups in total. The molecule has 0 radical (unpaired) electrons. The molecule has 2 aromatic heterocycles. The lowest BCUT2D eigenvalue weighted by Crippen LogP contribution is -2.13. The zero-order chi connectivity index (χ0) is 16.2. The van der Waals surface area contributed by atoms with Crippen molar-refractivity contribution in [3.63, 3.8) is 0 Å². The number of carbonyl (C=O) groups is 1. The van der Waals surface area contributed by atoms with Crippen molar-refractivity contribution in [2.45, 2.75) is 30.7 Å². The van der Waals surface area contributed by atoms with Crippen LogP contribution in [0.25, 0.3) is 0 Å². The fraction of sp³-hybridized carbons (Fsp3) is 0.250. The van der Waals surface area contributed by atoms with Crippen LogP contribution < -0.4 is 0 Å². The van der Waals surface area contributed by atoms with Crippen LogP contribution in [0.15, 0.2) is 45.4 Å². The molecule has 0 unspecified atom stereocenters. The highest BCUT2D eigenvalue weighted by Crippen LogP contribution is 2.25. The summed E-state index contributed by atoms with van der Waals surface area (Å²) in [4.78, 5) is 16.7. The summed E-state index contributed by atoms with van der Waals surface area (Å²) in [6.07, 6.45) is 0.513. The molecule has 1 aromatic carbocycles. The van der Waals surface area contributed by atoms with Gasteiger partial charge in [0, 0.05) is 10.9 Å². The van der Waals surface area contributed by atoms with Gasteiger partial charge in [0.05, 0.1) is 22.4 Å². The van der Waals surface area contributed by atoms with Gasteiger partial charge in [0.25, 0.3) is 5.22 Å². The van der Waals surface area contributed by atoms with Gasteiger partial charge in [-0.15, -0.1) is 21.5 Å². The highest BCUT2D eigenvalue weighted by Gasteiger charge is 2.19. The Bertz CT molecular complexity index is 799. The van der Waals surface area contributed by atoms with Gasteiger partial charge in [-0.05, 0) is 13.8 Å². The summed E-state index contributed by atoms with van der Waals surface area (Å²) >= 11 is 2.87. The molecule has 3 aromatic rings. The van der Waals surface area contributed by atoms with E-state index in [1.54, 1.807) is 11.3 Å². The molecule has 0 amide bonds. The van der Waals surface area contributed by atoms with Gasteiger partial charge in [0.1, 0.15) is 0 Å². The number of ketones is 1. The van der Waals surface area contributed by atoms with Crippen LogP contribution >= 0.6 is 23.1 Å². The second-order valence-electron chi connectivity index (χ2n) is 4.99. The molecule has 0 aliphatic heterocycles. The smallest absolute Gasteiger partial charge is 0.277 e. The highest BCUT2D eigenvalue weighted by atomic mass is 32.2. The van der Waals surface area contributed by atoms with Crippen molar-refractivity contribution in [3.05, 3.63) is 57.9 Å². The summed E-state index contributed by atoms with van der Waals surface area (Å²) < 4.78 is 5.61. The van der Waals surface area contributed by atoms with Crippen molar-refractivity contribution in [1.29, 1.82) is 0 Å². The van der Waals surface area contributed by atoms with Gasteiger partial charge in [0.15, 0.2) is 5.78 Å². The number of thiazole rings is 1. The number of carbonyl (C=O) groups excluding carboxylic acids is 1. The normalized spacial score (nSPS) is 12.3. The second kappa shape index (κ2) is 7.06. The SMILES string of the molecule is Cc1nc(Cc2nnc(S[C@H](C)C(=O)c3ccccc3)o2)cs1. The number of aromatic nitrogens is 3. The van der Waals surface area contributed by atoms with Crippen molar-refractivity contribution < 1.29 is 9.21 Å². The van der Waals surface area contributed by atoms with Crippen molar-refractivity contribution in [2.24, 2.45) is 0 Å². The fourth-order valence-electron chi connectivity index (χ4n) is 2.04. The van der Waals surface area contributed by atoms with Crippen molar-refractivity contribution in [2.75, 3.05) is 0 Å². The fourth-order valence-corrected chi connectivity index (χ4v) is 3.43. The quantitative estimate of drug-likeness (QED) is 0.500. The average molecular weight is 345 g/mol. The first kappa shape index (κ1) is 15.9. The molecule has 0 aliphatic carbocycles. The Balaban J connectivity index is 1.63. The van der Waals surface area contributed by atoms with Crippen molar-refractivity contribution >= 4 is 28.9 Å². The van der Waals surface area contributed by atoms with Gasteiger partial charge in [-0.1, -0.05) is 42.1 Å². The summed E-state index contributed by atoms with van der Waals surface area (Å²) in [6, 6.07) is 9.21. The molecule has 0 aliphatic rings. The summed E-state index contributed by atoms with van der Waals surface area (Å²) in [5.74, 6) is 0.558. The van der Waals surface area contributed by atoms with Crippen molar-refractivity contribution in [3.8, 4) is 0 Å². The van der Waals surface area contributed by atoms with Gasteiger partial charge in [0.2, 0.25) is 5.89 Å². The van der Waals surface area contributed by atoms with Crippen LogP contribution in [0.4, 0.5) is 0 Å². The van der Waals surface area contributed by atoms with E-state index in [2.05, 4.69) is 15.2 Å². The molecule has 0 saturated heterocycles. The second-order valence-corrected chi connectivity index (χ2v) is 7.34. The Morgan fingerprint density at radius 1 is 1.30 bits per heavy atom. The van der Waals surface area contributed by atoms with Gasteiger partial charge < -0.3 is 4.42 Å². The molecular weight excluding hydrogens is 330 g/mol. The zero-order valence-electron chi connectivity index (χ0n) is 12.7. The van der Waals surface area contributed by atoms with E-state index in [4.69, 9.17) is 4.42 Å². The molecule has 3 rings (SSSR count). The lowest BCUT2D eigenvalue weighted by Gasteiger charge is -2.06. The van der Waals surface area contributed by atoms with Crippen LogP contribution in [0.2, 0.25) is 0 Å². The van der Waals surface area contributed by atoms with Crippen LogP contribution in [-0.4, -0.2) is 26.2 Å². The topological polar surface area (TPSA) is 68.9 Å². The minimum atomic E-state index is -0.285. The van der Waals surface area contributed by atoms with Gasteiger partial charge >= 0.3 is 0 Å². The third kappa shape index (κ3) is 4.05. The Morgan fingerprint density at radius 3 is 2.78 bits per heavy atom. The van der Waals surface area contributed by atoms with Gasteiger partial charge in [-0.2, -0.15) is 0 Å². The standard InChI is InChI=1S/C16H15N3O2S2/c1-10(15(20)12-6-4-3-5-7-12)23-16-19-18-14(21-16)8-13-9-22-11(2)17-13/h3-7,9-10H,8H2,1-2H3/t10-/m1/s1. The average Bonchev–Trinajstić information content (AvgIpc) is 3.17. The molecule has 0 fully saturated rings. The van der Waals surface area contributed by atoms with E-state index in [1.807, 2.05) is 49.6 Å². The molecule has 0 saturated carbocycles. The van der Waals surface area contributed by atoms with E-state index < -0.39 is 0 Å². The molecule has 2 heterocycles. The molecule has 1 atom stereocenters. The van der Waals surface area contributed by atoms with Crippen LogP contribution in [-0.2, 0) is 6.42 Å². The Kier molecular flexibility index (Phi) is 4.88. The number of benzene rings is 1. The summed E-state index contributed by atoms with van der Waals surface area (Å²) in [5, 5.41) is 11.1. The first-order valence-electron chi connectivity index (χ1n) is 7.11. The summed E-state index contributed by atoms with van der Waals surface area (Å²) in [6.45, 7) is 3.80. The first-order valence-corrected chi connectivity index (χ1v) is 8.87. The van der Waals surface area contributed by atoms with E-state index in [0.717, 1.165) is 10.7 Å². The zero-order valence-corrected chi connectivity index (χ0v) is 14.4. The molecule has 0 bridgehead atoms. The van der Waals surface area contributed by atoms with Crippen LogP contribution in [0.5, 0.6) is 0 Å². The van der Waals surface area contributed by atoms with Gasteiger partial charge in [-0.25, -0.2) is 4.98 Å². The Morgan fingerprint density at radius 2 is 2.09 bits per heavy atom. The maximum absolute atomic E-state index is 12.3. The van der Waals surface area contributed by atoms with E-state index in [0.29, 0.717) is 23.1 Å². The maximum atomic E-state index is 12.3.